The van der Waals surface area contributed by atoms with Crippen LogP contribution in [0.5, 0.6) is 5.75 Å². The smallest absolute Gasteiger partial charge is 0.144 e. The van der Waals surface area contributed by atoms with Gasteiger partial charge in [-0.25, -0.2) is 0 Å². The third-order valence-electron chi connectivity index (χ3n) is 3.06. The van der Waals surface area contributed by atoms with Crippen LogP contribution in [0.1, 0.15) is 18.9 Å². The summed E-state index contributed by atoms with van der Waals surface area (Å²) in [5.41, 5.74) is 9.01. The molecule has 4 nitrogen and oxygen atoms in total. The van der Waals surface area contributed by atoms with E-state index in [9.17, 15) is 0 Å². The largest absolute Gasteiger partial charge is 0.491 e. The Kier molecular flexibility index (Phi) is 4.82. The van der Waals surface area contributed by atoms with Gasteiger partial charge in [-0.2, -0.15) is 0 Å². The summed E-state index contributed by atoms with van der Waals surface area (Å²) in [6, 6.07) is 9.87. The second-order valence-corrected chi connectivity index (χ2v) is 4.75. The zero-order valence-corrected chi connectivity index (χ0v) is 12.0. The van der Waals surface area contributed by atoms with Crippen molar-refractivity contribution in [2.45, 2.75) is 19.9 Å². The second-order valence-electron chi connectivity index (χ2n) is 4.75. The van der Waals surface area contributed by atoms with Crippen LogP contribution in [0.15, 0.2) is 42.7 Å². The summed E-state index contributed by atoms with van der Waals surface area (Å²) in [6.07, 6.45) is 4.61. The van der Waals surface area contributed by atoms with Crippen LogP contribution in [0.2, 0.25) is 0 Å². The number of nitrogen functional groups attached to an aromatic ring is 1. The highest BCUT2D eigenvalue weighted by Gasteiger charge is 2.10. The quantitative estimate of drug-likeness (QED) is 0.820. The minimum absolute atomic E-state index is 0.681. The van der Waals surface area contributed by atoms with Gasteiger partial charge in [-0.3, -0.25) is 4.98 Å². The van der Waals surface area contributed by atoms with Crippen molar-refractivity contribution in [1.29, 1.82) is 0 Å². The number of para-hydroxylation sites is 1. The minimum Gasteiger partial charge on any atom is -0.491 e. The van der Waals surface area contributed by atoms with Gasteiger partial charge in [0.1, 0.15) is 5.75 Å². The van der Waals surface area contributed by atoms with Gasteiger partial charge in [0, 0.05) is 26.0 Å². The van der Waals surface area contributed by atoms with Crippen LogP contribution in [0.25, 0.3) is 0 Å². The van der Waals surface area contributed by atoms with Crippen molar-refractivity contribution >= 4 is 11.4 Å². The van der Waals surface area contributed by atoms with Crippen LogP contribution in [0, 0.1) is 0 Å². The Bertz CT molecular complexity index is 543. The lowest BCUT2D eigenvalue weighted by molar-refractivity contribution is 0.319. The van der Waals surface area contributed by atoms with Crippen LogP contribution in [0.4, 0.5) is 11.4 Å². The monoisotopic (exact) mass is 271 g/mol. The van der Waals surface area contributed by atoms with Gasteiger partial charge in [-0.05, 0) is 30.2 Å². The number of anilines is 2. The first kappa shape index (κ1) is 14.2. The molecule has 1 heterocycles. The van der Waals surface area contributed by atoms with E-state index in [4.69, 9.17) is 10.5 Å². The number of ether oxygens (including phenoxy) is 1. The number of hydrogen-bond donors (Lipinski definition) is 1. The maximum absolute atomic E-state index is 6.20. The molecule has 20 heavy (non-hydrogen) atoms. The summed E-state index contributed by atoms with van der Waals surface area (Å²) in [6.45, 7) is 3.52. The summed E-state index contributed by atoms with van der Waals surface area (Å²) in [7, 11) is 2.02. The van der Waals surface area contributed by atoms with E-state index in [1.54, 1.807) is 6.20 Å². The molecule has 0 saturated heterocycles. The van der Waals surface area contributed by atoms with Crippen LogP contribution >= 0.6 is 0 Å². The van der Waals surface area contributed by atoms with E-state index in [2.05, 4.69) is 22.9 Å². The van der Waals surface area contributed by atoms with Gasteiger partial charge in [0.15, 0.2) is 0 Å². The first-order chi connectivity index (χ1) is 9.72. The lowest BCUT2D eigenvalue weighted by atomic mass is 10.2. The Morgan fingerprint density at radius 2 is 2.10 bits per heavy atom. The molecule has 0 saturated carbocycles. The number of rotatable bonds is 6. The lowest BCUT2D eigenvalue weighted by Gasteiger charge is -2.22. The highest BCUT2D eigenvalue weighted by molar-refractivity contribution is 5.73. The van der Waals surface area contributed by atoms with E-state index in [-0.39, 0.29) is 0 Å². The summed E-state index contributed by atoms with van der Waals surface area (Å²) < 4.78 is 5.66. The first-order valence-corrected chi connectivity index (χ1v) is 6.83. The fourth-order valence-corrected chi connectivity index (χ4v) is 2.05. The van der Waals surface area contributed by atoms with Crippen molar-refractivity contribution in [3.05, 3.63) is 48.3 Å². The van der Waals surface area contributed by atoms with E-state index in [1.807, 2.05) is 37.5 Å². The van der Waals surface area contributed by atoms with Gasteiger partial charge in [0.2, 0.25) is 0 Å². The average Bonchev–Trinajstić information content (AvgIpc) is 2.47. The van der Waals surface area contributed by atoms with E-state index in [1.165, 1.54) is 0 Å². The number of aromatic nitrogens is 1. The predicted octanol–water partition coefficient (Wildman–Crippen LogP) is 3.09. The molecule has 0 unspecified atom stereocenters. The molecule has 2 aromatic rings. The van der Waals surface area contributed by atoms with E-state index >= 15 is 0 Å². The van der Waals surface area contributed by atoms with Crippen molar-refractivity contribution in [3.8, 4) is 5.75 Å². The third-order valence-corrected chi connectivity index (χ3v) is 3.06. The van der Waals surface area contributed by atoms with Crippen LogP contribution < -0.4 is 15.4 Å². The van der Waals surface area contributed by atoms with Crippen molar-refractivity contribution in [2.24, 2.45) is 0 Å². The van der Waals surface area contributed by atoms with Crippen LogP contribution in [-0.2, 0) is 6.54 Å². The normalized spacial score (nSPS) is 10.3. The highest BCUT2D eigenvalue weighted by Crippen LogP contribution is 2.32. The number of nitrogens with zero attached hydrogens (tertiary/aromatic N) is 2. The van der Waals surface area contributed by atoms with E-state index < -0.39 is 0 Å². The zero-order chi connectivity index (χ0) is 14.4. The average molecular weight is 271 g/mol. The Hall–Kier alpha value is -2.23. The maximum atomic E-state index is 6.20. The van der Waals surface area contributed by atoms with Gasteiger partial charge < -0.3 is 15.4 Å². The van der Waals surface area contributed by atoms with Crippen molar-refractivity contribution in [2.75, 3.05) is 24.3 Å². The molecule has 0 fully saturated rings. The topological polar surface area (TPSA) is 51.4 Å². The molecule has 0 radical (unpaired) electrons. The molecule has 106 valence electrons. The van der Waals surface area contributed by atoms with Crippen molar-refractivity contribution in [3.63, 3.8) is 0 Å². The molecule has 0 spiro atoms. The molecule has 0 amide bonds. The van der Waals surface area contributed by atoms with Gasteiger partial charge in [0.25, 0.3) is 0 Å². The molecule has 2 N–H and O–H groups in total. The molecule has 0 aliphatic carbocycles. The molecule has 0 atom stereocenters. The standard InChI is InChI=1S/C16H21N3O/c1-3-10-20-15-8-4-7-14(16(15)17)19(2)12-13-6-5-9-18-11-13/h4-9,11H,3,10,12,17H2,1-2H3. The highest BCUT2D eigenvalue weighted by atomic mass is 16.5. The molecule has 0 aliphatic heterocycles. The number of nitrogens with two attached hydrogens (primary N) is 1. The fourth-order valence-electron chi connectivity index (χ4n) is 2.05. The molecule has 0 bridgehead atoms. The van der Waals surface area contributed by atoms with Crippen molar-refractivity contribution < 1.29 is 4.74 Å². The fraction of sp³-hybridized carbons (Fsp3) is 0.312. The maximum Gasteiger partial charge on any atom is 0.144 e. The Morgan fingerprint density at radius 3 is 2.80 bits per heavy atom. The van der Waals surface area contributed by atoms with Crippen LogP contribution in [-0.4, -0.2) is 18.6 Å². The van der Waals surface area contributed by atoms with Gasteiger partial charge >= 0.3 is 0 Å². The minimum atomic E-state index is 0.681. The third kappa shape index (κ3) is 3.41. The van der Waals surface area contributed by atoms with Crippen molar-refractivity contribution in [1.82, 2.24) is 4.98 Å². The Morgan fingerprint density at radius 1 is 1.25 bits per heavy atom. The molecule has 1 aromatic carbocycles. The number of benzene rings is 1. The molecular weight excluding hydrogens is 250 g/mol. The summed E-state index contributed by atoms with van der Waals surface area (Å²) in [5, 5.41) is 0. The van der Waals surface area contributed by atoms with Gasteiger partial charge in [-0.15, -0.1) is 0 Å². The SMILES string of the molecule is CCCOc1cccc(N(C)Cc2cccnc2)c1N. The Labute approximate surface area is 120 Å². The summed E-state index contributed by atoms with van der Waals surface area (Å²) in [5.74, 6) is 0.752. The van der Waals surface area contributed by atoms with E-state index in [0.29, 0.717) is 12.3 Å². The molecule has 0 aliphatic rings. The second kappa shape index (κ2) is 6.80. The lowest BCUT2D eigenvalue weighted by Crippen LogP contribution is -2.18. The molecule has 1 aromatic heterocycles. The molecule has 2 rings (SSSR count). The summed E-state index contributed by atoms with van der Waals surface area (Å²) in [4.78, 5) is 6.23. The van der Waals surface area contributed by atoms with Gasteiger partial charge in [0.05, 0.1) is 18.0 Å². The predicted molar refractivity (Wildman–Crippen MR) is 83.0 cm³/mol. The molecular formula is C16H21N3O. The summed E-state index contributed by atoms with van der Waals surface area (Å²) >= 11 is 0. The van der Waals surface area contributed by atoms with Crippen LogP contribution in [0.3, 0.4) is 0 Å². The van der Waals surface area contributed by atoms with E-state index in [0.717, 1.165) is 30.0 Å². The molecule has 4 heteroatoms. The number of pyridine rings is 1. The zero-order valence-electron chi connectivity index (χ0n) is 12.0. The first-order valence-electron chi connectivity index (χ1n) is 6.83. The Balaban J connectivity index is 2.15. The van der Waals surface area contributed by atoms with Gasteiger partial charge in [-0.1, -0.05) is 19.1 Å². The number of hydrogen-bond acceptors (Lipinski definition) is 4.